The SMILES string of the molecule is CCCCOC(C=O)C(=O)OC. The van der Waals surface area contributed by atoms with E-state index >= 15 is 0 Å². The van der Waals surface area contributed by atoms with Crippen LogP contribution in [0, 0.1) is 0 Å². The van der Waals surface area contributed by atoms with Gasteiger partial charge in [-0.1, -0.05) is 13.3 Å². The van der Waals surface area contributed by atoms with Gasteiger partial charge in [0.05, 0.1) is 7.11 Å². The van der Waals surface area contributed by atoms with Gasteiger partial charge in [-0.3, -0.25) is 4.79 Å². The summed E-state index contributed by atoms with van der Waals surface area (Å²) in [5.74, 6) is -0.638. The van der Waals surface area contributed by atoms with Crippen LogP contribution in [-0.4, -0.2) is 32.1 Å². The molecule has 0 aliphatic rings. The van der Waals surface area contributed by atoms with Crippen LogP contribution in [-0.2, 0) is 19.1 Å². The molecule has 1 unspecified atom stereocenters. The number of hydrogen-bond donors (Lipinski definition) is 0. The summed E-state index contributed by atoms with van der Waals surface area (Å²) in [6.07, 6.45) is 1.19. The molecule has 4 nitrogen and oxygen atoms in total. The lowest BCUT2D eigenvalue weighted by molar-refractivity contribution is -0.155. The molecule has 4 heteroatoms. The number of esters is 1. The summed E-state index contributed by atoms with van der Waals surface area (Å²) in [5, 5.41) is 0. The van der Waals surface area contributed by atoms with Crippen LogP contribution in [0.25, 0.3) is 0 Å². The zero-order valence-corrected chi connectivity index (χ0v) is 7.41. The third-order valence-electron chi connectivity index (χ3n) is 1.35. The van der Waals surface area contributed by atoms with Gasteiger partial charge in [0.15, 0.2) is 6.29 Å². The topological polar surface area (TPSA) is 52.6 Å². The van der Waals surface area contributed by atoms with Crippen molar-refractivity contribution in [1.29, 1.82) is 0 Å². The van der Waals surface area contributed by atoms with Crippen molar-refractivity contribution in [3.8, 4) is 0 Å². The Bertz CT molecular complexity index is 144. The summed E-state index contributed by atoms with van der Waals surface area (Å²) < 4.78 is 9.28. The summed E-state index contributed by atoms with van der Waals surface area (Å²) in [4.78, 5) is 21.0. The number of methoxy groups -OCH3 is 1. The second-order valence-electron chi connectivity index (χ2n) is 2.30. The second-order valence-corrected chi connectivity index (χ2v) is 2.30. The number of ether oxygens (including phenoxy) is 2. The van der Waals surface area contributed by atoms with E-state index in [0.29, 0.717) is 12.9 Å². The molecule has 0 aliphatic heterocycles. The van der Waals surface area contributed by atoms with Crippen molar-refractivity contribution < 1.29 is 19.1 Å². The van der Waals surface area contributed by atoms with Gasteiger partial charge >= 0.3 is 5.97 Å². The first-order chi connectivity index (χ1) is 5.76. The van der Waals surface area contributed by atoms with E-state index in [4.69, 9.17) is 4.74 Å². The monoisotopic (exact) mass is 174 g/mol. The molecule has 0 amide bonds. The Kier molecular flexibility index (Phi) is 6.28. The fraction of sp³-hybridized carbons (Fsp3) is 0.750. The maximum absolute atomic E-state index is 10.8. The van der Waals surface area contributed by atoms with E-state index in [1.165, 1.54) is 7.11 Å². The maximum Gasteiger partial charge on any atom is 0.342 e. The van der Waals surface area contributed by atoms with Gasteiger partial charge in [0.2, 0.25) is 6.10 Å². The lowest BCUT2D eigenvalue weighted by Crippen LogP contribution is -2.27. The van der Waals surface area contributed by atoms with Gasteiger partial charge in [-0.25, -0.2) is 4.79 Å². The third kappa shape index (κ3) is 4.08. The minimum atomic E-state index is -1.05. The molecule has 0 fully saturated rings. The summed E-state index contributed by atoms with van der Waals surface area (Å²) >= 11 is 0. The smallest absolute Gasteiger partial charge is 0.342 e. The highest BCUT2D eigenvalue weighted by Gasteiger charge is 2.17. The Hall–Kier alpha value is -0.900. The average molecular weight is 174 g/mol. The van der Waals surface area contributed by atoms with Crippen LogP contribution < -0.4 is 0 Å². The van der Waals surface area contributed by atoms with Crippen LogP contribution in [0.1, 0.15) is 19.8 Å². The molecule has 0 rings (SSSR count). The van der Waals surface area contributed by atoms with Gasteiger partial charge in [0, 0.05) is 6.61 Å². The molecule has 1 atom stereocenters. The number of unbranched alkanes of at least 4 members (excludes halogenated alkanes) is 1. The Balaban J connectivity index is 3.67. The van der Waals surface area contributed by atoms with Gasteiger partial charge in [0.1, 0.15) is 0 Å². The quantitative estimate of drug-likeness (QED) is 0.255. The van der Waals surface area contributed by atoms with Gasteiger partial charge in [-0.05, 0) is 6.42 Å². The Morgan fingerprint density at radius 2 is 2.25 bits per heavy atom. The Labute approximate surface area is 71.8 Å². The largest absolute Gasteiger partial charge is 0.467 e. The zero-order valence-electron chi connectivity index (χ0n) is 7.41. The summed E-state index contributed by atoms with van der Waals surface area (Å²) in [5.41, 5.74) is 0. The van der Waals surface area contributed by atoms with Crippen molar-refractivity contribution in [3.05, 3.63) is 0 Å². The van der Waals surface area contributed by atoms with Gasteiger partial charge in [-0.2, -0.15) is 0 Å². The number of carbonyl (C=O) groups is 2. The number of carbonyl (C=O) groups excluding carboxylic acids is 2. The molecule has 0 heterocycles. The highest BCUT2D eigenvalue weighted by atomic mass is 16.6. The minimum absolute atomic E-state index is 0.412. The number of aldehydes is 1. The van der Waals surface area contributed by atoms with E-state index in [9.17, 15) is 9.59 Å². The van der Waals surface area contributed by atoms with E-state index in [1.807, 2.05) is 6.92 Å². The third-order valence-corrected chi connectivity index (χ3v) is 1.35. The molecule has 0 spiro atoms. The molecule has 0 aliphatic carbocycles. The minimum Gasteiger partial charge on any atom is -0.467 e. The second kappa shape index (κ2) is 6.79. The highest BCUT2D eigenvalue weighted by Crippen LogP contribution is 1.95. The highest BCUT2D eigenvalue weighted by molar-refractivity contribution is 5.90. The van der Waals surface area contributed by atoms with E-state index in [0.717, 1.165) is 12.8 Å². The van der Waals surface area contributed by atoms with Crippen LogP contribution in [0.4, 0.5) is 0 Å². The molecule has 70 valence electrons. The first-order valence-corrected chi connectivity index (χ1v) is 3.91. The number of hydrogen-bond acceptors (Lipinski definition) is 4. The van der Waals surface area contributed by atoms with Crippen molar-refractivity contribution in [3.63, 3.8) is 0 Å². The standard InChI is InChI=1S/C8H14O4/c1-3-4-5-12-7(6-9)8(10)11-2/h6-7H,3-5H2,1-2H3. The van der Waals surface area contributed by atoms with Gasteiger partial charge < -0.3 is 9.47 Å². The van der Waals surface area contributed by atoms with Crippen LogP contribution in [0.2, 0.25) is 0 Å². The average Bonchev–Trinajstić information content (AvgIpc) is 2.11. The van der Waals surface area contributed by atoms with Crippen LogP contribution >= 0.6 is 0 Å². The molecule has 0 saturated carbocycles. The van der Waals surface area contributed by atoms with Crippen molar-refractivity contribution in [2.24, 2.45) is 0 Å². The molecule has 12 heavy (non-hydrogen) atoms. The molecule has 0 aromatic carbocycles. The van der Waals surface area contributed by atoms with E-state index < -0.39 is 12.1 Å². The molecule has 0 radical (unpaired) electrons. The molecular formula is C8H14O4. The lowest BCUT2D eigenvalue weighted by Gasteiger charge is -2.08. The summed E-state index contributed by atoms with van der Waals surface area (Å²) in [6, 6.07) is 0. The van der Waals surface area contributed by atoms with Crippen LogP contribution in [0.3, 0.4) is 0 Å². The maximum atomic E-state index is 10.8. The lowest BCUT2D eigenvalue weighted by atomic mass is 10.3. The Morgan fingerprint density at radius 3 is 2.67 bits per heavy atom. The van der Waals surface area contributed by atoms with Crippen LogP contribution in [0.15, 0.2) is 0 Å². The zero-order chi connectivity index (χ0) is 9.40. The van der Waals surface area contributed by atoms with E-state index in [-0.39, 0.29) is 0 Å². The normalized spacial score (nSPS) is 12.2. The first kappa shape index (κ1) is 11.1. The molecular weight excluding hydrogens is 160 g/mol. The number of rotatable bonds is 6. The molecule has 0 bridgehead atoms. The van der Waals surface area contributed by atoms with Crippen molar-refractivity contribution in [2.75, 3.05) is 13.7 Å². The predicted molar refractivity (Wildman–Crippen MR) is 42.7 cm³/mol. The molecule has 0 saturated heterocycles. The van der Waals surface area contributed by atoms with Gasteiger partial charge in [0.25, 0.3) is 0 Å². The first-order valence-electron chi connectivity index (χ1n) is 3.91. The molecule has 0 N–H and O–H groups in total. The van der Waals surface area contributed by atoms with E-state index in [2.05, 4.69) is 4.74 Å². The van der Waals surface area contributed by atoms with Crippen molar-refractivity contribution >= 4 is 12.3 Å². The Morgan fingerprint density at radius 1 is 1.58 bits per heavy atom. The predicted octanol–water partition coefficient (Wildman–Crippen LogP) is 0.544. The van der Waals surface area contributed by atoms with E-state index in [1.54, 1.807) is 0 Å². The van der Waals surface area contributed by atoms with Crippen molar-refractivity contribution in [1.82, 2.24) is 0 Å². The fourth-order valence-electron chi connectivity index (χ4n) is 0.634. The van der Waals surface area contributed by atoms with Crippen LogP contribution in [0.5, 0.6) is 0 Å². The summed E-state index contributed by atoms with van der Waals surface area (Å²) in [7, 11) is 1.22. The van der Waals surface area contributed by atoms with Gasteiger partial charge in [-0.15, -0.1) is 0 Å². The molecule has 0 aromatic heterocycles. The van der Waals surface area contributed by atoms with Crippen molar-refractivity contribution in [2.45, 2.75) is 25.9 Å². The molecule has 0 aromatic rings. The summed E-state index contributed by atoms with van der Waals surface area (Å²) in [6.45, 7) is 2.41. The fourth-order valence-corrected chi connectivity index (χ4v) is 0.634.